The van der Waals surface area contributed by atoms with E-state index in [1.807, 2.05) is 70.3 Å². The first-order valence-corrected chi connectivity index (χ1v) is 11.0. The highest BCUT2D eigenvalue weighted by Gasteiger charge is 2.43. The highest BCUT2D eigenvalue weighted by atomic mass is 32.1. The second kappa shape index (κ2) is 8.95. The van der Waals surface area contributed by atoms with Crippen molar-refractivity contribution in [3.8, 4) is 11.4 Å². The summed E-state index contributed by atoms with van der Waals surface area (Å²) in [6.07, 6.45) is 3.70. The number of aromatic nitrogens is 2. The van der Waals surface area contributed by atoms with Gasteiger partial charge < -0.3 is 19.5 Å². The minimum Gasteiger partial charge on any atom is -0.495 e. The van der Waals surface area contributed by atoms with Crippen molar-refractivity contribution < 1.29 is 9.66 Å². The first-order chi connectivity index (χ1) is 16.6. The summed E-state index contributed by atoms with van der Waals surface area (Å²) in [7, 11) is 1.64. The minimum absolute atomic E-state index is 0.0446. The third kappa shape index (κ3) is 3.75. The fraction of sp³-hybridized carbons (Fsp3) is 0.120. The first kappa shape index (κ1) is 21.6. The van der Waals surface area contributed by atoms with Gasteiger partial charge in [0, 0.05) is 35.9 Å². The molecular weight excluding hydrogens is 450 g/mol. The number of benzene rings is 2. The number of methoxy groups -OCH3 is 1. The summed E-state index contributed by atoms with van der Waals surface area (Å²) in [4.78, 5) is 17.4. The molecule has 8 nitrogen and oxygen atoms in total. The van der Waals surface area contributed by atoms with Crippen molar-refractivity contribution in [2.75, 3.05) is 12.0 Å². The molecule has 34 heavy (non-hydrogen) atoms. The van der Waals surface area contributed by atoms with Crippen LogP contribution in [0.15, 0.2) is 91.3 Å². The molecule has 0 radical (unpaired) electrons. The van der Waals surface area contributed by atoms with E-state index >= 15 is 0 Å². The molecule has 0 spiro atoms. The molecule has 1 aliphatic heterocycles. The van der Waals surface area contributed by atoms with Gasteiger partial charge in [0.25, 0.3) is 5.69 Å². The number of ether oxygens (including phenoxy) is 1. The highest BCUT2D eigenvalue weighted by Crippen LogP contribution is 2.44. The number of nitro benzene ring substituents is 1. The molecule has 2 atom stereocenters. The quantitative estimate of drug-likeness (QED) is 0.241. The lowest BCUT2D eigenvalue weighted by atomic mass is 10.0. The summed E-state index contributed by atoms with van der Waals surface area (Å²) in [5.74, 6) is 0.701. The second-order valence-corrected chi connectivity index (χ2v) is 8.13. The van der Waals surface area contributed by atoms with Crippen LogP contribution in [0, 0.1) is 10.1 Å². The van der Waals surface area contributed by atoms with E-state index in [0.717, 1.165) is 22.8 Å². The van der Waals surface area contributed by atoms with Crippen LogP contribution in [-0.4, -0.2) is 26.7 Å². The highest BCUT2D eigenvalue weighted by molar-refractivity contribution is 7.80. The van der Waals surface area contributed by atoms with Crippen LogP contribution in [0.5, 0.6) is 5.75 Å². The molecule has 1 N–H and O–H groups in total. The summed E-state index contributed by atoms with van der Waals surface area (Å²) < 4.78 is 7.66. The second-order valence-electron chi connectivity index (χ2n) is 7.75. The van der Waals surface area contributed by atoms with Crippen molar-refractivity contribution in [3.63, 3.8) is 0 Å². The Kier molecular flexibility index (Phi) is 5.69. The van der Waals surface area contributed by atoms with Gasteiger partial charge in [-0.15, -0.1) is 0 Å². The predicted octanol–water partition coefficient (Wildman–Crippen LogP) is 4.97. The van der Waals surface area contributed by atoms with E-state index in [9.17, 15) is 10.1 Å². The van der Waals surface area contributed by atoms with Crippen molar-refractivity contribution in [1.82, 2.24) is 14.9 Å². The van der Waals surface area contributed by atoms with Crippen LogP contribution in [0.1, 0.15) is 23.5 Å². The fourth-order valence-electron chi connectivity index (χ4n) is 4.35. The first-order valence-electron chi connectivity index (χ1n) is 10.6. The van der Waals surface area contributed by atoms with Crippen LogP contribution < -0.4 is 15.0 Å². The Labute approximate surface area is 201 Å². The average Bonchev–Trinajstić information content (AvgIpc) is 3.48. The van der Waals surface area contributed by atoms with Gasteiger partial charge in [-0.25, -0.2) is 0 Å². The van der Waals surface area contributed by atoms with Gasteiger partial charge in [0.1, 0.15) is 11.8 Å². The Morgan fingerprint density at radius 1 is 1.03 bits per heavy atom. The maximum absolute atomic E-state index is 11.1. The zero-order valence-corrected chi connectivity index (χ0v) is 19.1. The van der Waals surface area contributed by atoms with Crippen LogP contribution >= 0.6 is 12.2 Å². The molecule has 2 aromatic heterocycles. The molecular formula is C25H21N5O3S. The summed E-state index contributed by atoms with van der Waals surface area (Å²) in [5, 5.41) is 15.1. The molecule has 2 aromatic carbocycles. The van der Waals surface area contributed by atoms with Crippen LogP contribution in [0.4, 0.5) is 11.4 Å². The van der Waals surface area contributed by atoms with Crippen molar-refractivity contribution >= 4 is 28.7 Å². The third-order valence-corrected chi connectivity index (χ3v) is 6.18. The number of thiocarbonyl (C=S) groups is 1. The number of rotatable bonds is 6. The lowest BCUT2D eigenvalue weighted by Gasteiger charge is -2.29. The van der Waals surface area contributed by atoms with E-state index in [1.54, 1.807) is 25.4 Å². The van der Waals surface area contributed by atoms with Gasteiger partial charge in [-0.3, -0.25) is 15.1 Å². The molecule has 1 aliphatic rings. The summed E-state index contributed by atoms with van der Waals surface area (Å²) in [6, 6.07) is 23.5. The summed E-state index contributed by atoms with van der Waals surface area (Å²) in [6.45, 7) is 0. The van der Waals surface area contributed by atoms with Crippen LogP contribution in [-0.2, 0) is 0 Å². The molecule has 0 saturated carbocycles. The van der Waals surface area contributed by atoms with Gasteiger partial charge in [0.05, 0.1) is 29.5 Å². The summed E-state index contributed by atoms with van der Waals surface area (Å²) in [5.41, 5.74) is 3.49. The van der Waals surface area contributed by atoms with Gasteiger partial charge >= 0.3 is 0 Å². The van der Waals surface area contributed by atoms with Gasteiger partial charge in [0.15, 0.2) is 5.11 Å². The van der Waals surface area contributed by atoms with Gasteiger partial charge in [-0.05, 0) is 60.7 Å². The number of hydrogen-bond donors (Lipinski definition) is 1. The minimum atomic E-state index is -0.403. The molecule has 0 bridgehead atoms. The Hall–Kier alpha value is -4.24. The largest absolute Gasteiger partial charge is 0.495 e. The Balaban J connectivity index is 1.66. The molecule has 1 fully saturated rings. The monoisotopic (exact) mass is 471 g/mol. The molecule has 5 rings (SSSR count). The Morgan fingerprint density at radius 2 is 1.79 bits per heavy atom. The van der Waals surface area contributed by atoms with Crippen LogP contribution in [0.3, 0.4) is 0 Å². The Morgan fingerprint density at radius 3 is 2.50 bits per heavy atom. The molecule has 0 aliphatic carbocycles. The number of nitro groups is 1. The van der Waals surface area contributed by atoms with E-state index in [0.29, 0.717) is 10.9 Å². The molecule has 9 heteroatoms. The van der Waals surface area contributed by atoms with Gasteiger partial charge in [-0.2, -0.15) is 0 Å². The zero-order chi connectivity index (χ0) is 23.7. The third-order valence-electron chi connectivity index (χ3n) is 5.86. The smallest absolute Gasteiger partial charge is 0.269 e. The van der Waals surface area contributed by atoms with Crippen LogP contribution in [0.2, 0.25) is 0 Å². The lowest BCUT2D eigenvalue weighted by Crippen LogP contribution is -2.30. The van der Waals surface area contributed by atoms with Crippen molar-refractivity contribution in [2.45, 2.75) is 12.1 Å². The number of non-ortho nitro benzene ring substituents is 1. The molecule has 0 amide bonds. The SMILES string of the molecule is COc1ccccc1N1C(=S)N[C@H](c2ccccn2)[C@H]1c1cccn1-c1ccc([N+](=O)[O-])cc1. The number of nitrogens with zero attached hydrogens (tertiary/aromatic N) is 4. The number of nitrogens with one attached hydrogen (secondary N) is 1. The average molecular weight is 472 g/mol. The van der Waals surface area contributed by atoms with E-state index in [4.69, 9.17) is 17.0 Å². The number of anilines is 1. The predicted molar refractivity (Wildman–Crippen MR) is 133 cm³/mol. The topological polar surface area (TPSA) is 85.5 Å². The summed E-state index contributed by atoms with van der Waals surface area (Å²) >= 11 is 5.81. The molecule has 170 valence electrons. The van der Waals surface area contributed by atoms with E-state index in [-0.39, 0.29) is 17.8 Å². The maximum Gasteiger partial charge on any atom is 0.269 e. The molecule has 1 saturated heterocycles. The molecule has 3 heterocycles. The van der Waals surface area contributed by atoms with Gasteiger partial charge in [0.2, 0.25) is 0 Å². The lowest BCUT2D eigenvalue weighted by molar-refractivity contribution is -0.384. The molecule has 0 unspecified atom stereocenters. The zero-order valence-electron chi connectivity index (χ0n) is 18.2. The van der Waals surface area contributed by atoms with Crippen molar-refractivity contribution in [1.29, 1.82) is 0 Å². The number of hydrogen-bond acceptors (Lipinski definition) is 5. The van der Waals surface area contributed by atoms with E-state index in [2.05, 4.69) is 10.3 Å². The van der Waals surface area contributed by atoms with E-state index in [1.165, 1.54) is 12.1 Å². The van der Waals surface area contributed by atoms with Crippen molar-refractivity contribution in [2.24, 2.45) is 0 Å². The van der Waals surface area contributed by atoms with E-state index < -0.39 is 4.92 Å². The van der Waals surface area contributed by atoms with Crippen molar-refractivity contribution in [3.05, 3.63) is 113 Å². The fourth-order valence-corrected chi connectivity index (χ4v) is 4.69. The normalized spacial score (nSPS) is 17.4. The Bertz CT molecular complexity index is 1340. The van der Waals surface area contributed by atoms with Gasteiger partial charge in [-0.1, -0.05) is 18.2 Å². The standard InChI is InChI=1S/C25H21N5O3S/c1-33-22-10-3-2-8-20(22)29-24(23(27-25(29)34)19-7-4-5-15-26-19)21-9-6-16-28(21)17-11-13-18(14-12-17)30(31)32/h2-16,23-24H,1H3,(H,27,34)/t23-,24-/m1/s1. The number of pyridine rings is 1. The number of para-hydroxylation sites is 2. The molecule has 4 aromatic rings. The maximum atomic E-state index is 11.1. The van der Waals surface area contributed by atoms with Crippen LogP contribution in [0.25, 0.3) is 5.69 Å².